The maximum Gasteiger partial charge on any atom is 0.332 e. The molecule has 0 saturated carbocycles. The maximum absolute atomic E-state index is 11.5. The molecule has 3 aromatic rings. The van der Waals surface area contributed by atoms with Crippen LogP contribution in [0.2, 0.25) is 0 Å². The Hall–Kier alpha value is -2.79. The van der Waals surface area contributed by atoms with E-state index < -0.39 is 5.60 Å². The Morgan fingerprint density at radius 2 is 1.58 bits per heavy atom. The first-order chi connectivity index (χ1) is 17.4. The van der Waals surface area contributed by atoms with E-state index in [4.69, 9.17) is 23.9 Å². The van der Waals surface area contributed by atoms with Gasteiger partial charge in [-0.3, -0.25) is 9.30 Å². The molecule has 1 saturated heterocycles. The number of carbonyl (C=O) groups is 1. The van der Waals surface area contributed by atoms with Gasteiger partial charge in [-0.05, 0) is 39.0 Å². The smallest absolute Gasteiger partial charge is 0.332 e. The largest absolute Gasteiger partial charge is 0.458 e. The molecule has 1 aliphatic rings. The molecule has 36 heavy (non-hydrogen) atoms. The van der Waals surface area contributed by atoms with Crippen molar-refractivity contribution in [3.05, 3.63) is 36.5 Å². The lowest BCUT2D eigenvalue weighted by molar-refractivity contribution is -0.160. The van der Waals surface area contributed by atoms with Crippen LogP contribution in [0.15, 0.2) is 36.5 Å². The molecule has 0 amide bonds. The first-order valence-electron chi connectivity index (χ1n) is 12.6. The summed E-state index contributed by atoms with van der Waals surface area (Å²) in [6.45, 7) is 12.6. The number of hydrogen-bond donors (Lipinski definition) is 0. The number of fused-ring (bicyclic) bond motifs is 3. The van der Waals surface area contributed by atoms with Gasteiger partial charge in [0.1, 0.15) is 18.0 Å². The summed E-state index contributed by atoms with van der Waals surface area (Å²) in [5.74, 6) is 1.35. The molecule has 0 aliphatic carbocycles. The Morgan fingerprint density at radius 1 is 0.889 bits per heavy atom. The number of anilines is 1. The molecule has 0 bridgehead atoms. The van der Waals surface area contributed by atoms with Crippen LogP contribution in [0.25, 0.3) is 16.8 Å². The summed E-state index contributed by atoms with van der Waals surface area (Å²) in [5, 5.41) is 0. The minimum absolute atomic E-state index is 0.0600. The monoisotopic (exact) mass is 499 g/mol. The Kier molecular flexibility index (Phi) is 9.08. The zero-order chi connectivity index (χ0) is 25.4. The third kappa shape index (κ3) is 7.60. The van der Waals surface area contributed by atoms with E-state index >= 15 is 0 Å². The van der Waals surface area contributed by atoms with Crippen LogP contribution in [-0.4, -0.2) is 103 Å². The molecular formula is C26H37N5O5. The SMILES string of the molecule is CC(C)(C)OC(=O)COCCOCCOCCN1CCN(c2ccn3c(n2)nc2ccccc23)CC1. The quantitative estimate of drug-likeness (QED) is 0.275. The predicted octanol–water partition coefficient (Wildman–Crippen LogP) is 2.40. The molecule has 4 rings (SSSR count). The summed E-state index contributed by atoms with van der Waals surface area (Å²) in [7, 11) is 0. The fourth-order valence-corrected chi connectivity index (χ4v) is 4.08. The average molecular weight is 500 g/mol. The van der Waals surface area contributed by atoms with Gasteiger partial charge in [0.05, 0.1) is 44.1 Å². The molecule has 196 valence electrons. The number of hydrogen-bond acceptors (Lipinski definition) is 9. The number of esters is 1. The van der Waals surface area contributed by atoms with E-state index in [1.54, 1.807) is 0 Å². The zero-order valence-corrected chi connectivity index (χ0v) is 21.5. The van der Waals surface area contributed by atoms with E-state index in [9.17, 15) is 4.79 Å². The van der Waals surface area contributed by atoms with Crippen molar-refractivity contribution in [1.29, 1.82) is 0 Å². The molecule has 0 unspecified atom stereocenters. The minimum Gasteiger partial charge on any atom is -0.458 e. The number of imidazole rings is 1. The van der Waals surface area contributed by atoms with Gasteiger partial charge in [0.15, 0.2) is 0 Å². The fourth-order valence-electron chi connectivity index (χ4n) is 4.08. The van der Waals surface area contributed by atoms with Crippen molar-refractivity contribution in [2.24, 2.45) is 0 Å². The highest BCUT2D eigenvalue weighted by atomic mass is 16.6. The summed E-state index contributed by atoms with van der Waals surface area (Å²) >= 11 is 0. The second-order valence-electron chi connectivity index (χ2n) is 9.75. The number of piperazine rings is 1. The summed E-state index contributed by atoms with van der Waals surface area (Å²) in [5.41, 5.74) is 1.54. The van der Waals surface area contributed by atoms with Crippen LogP contribution in [0.5, 0.6) is 0 Å². The molecular weight excluding hydrogens is 462 g/mol. The number of para-hydroxylation sites is 2. The van der Waals surface area contributed by atoms with Gasteiger partial charge < -0.3 is 23.8 Å². The van der Waals surface area contributed by atoms with Gasteiger partial charge >= 0.3 is 5.97 Å². The highest BCUT2D eigenvalue weighted by Crippen LogP contribution is 2.19. The molecule has 1 aliphatic heterocycles. The first kappa shape index (κ1) is 26.3. The van der Waals surface area contributed by atoms with E-state index in [0.29, 0.717) is 33.0 Å². The standard InChI is InChI=1S/C26H37N5O5/c1-26(2,3)36-24(32)20-35-19-18-34-17-16-33-15-14-29-10-12-30(13-11-29)23-8-9-31-22-7-5-4-6-21(22)27-25(31)28-23/h4-9H,10-20H2,1-3H3. The second-order valence-corrected chi connectivity index (χ2v) is 9.75. The molecule has 2 aromatic heterocycles. The lowest BCUT2D eigenvalue weighted by atomic mass is 10.2. The van der Waals surface area contributed by atoms with E-state index in [0.717, 1.165) is 55.4 Å². The minimum atomic E-state index is -0.495. The lowest BCUT2D eigenvalue weighted by Gasteiger charge is -2.35. The van der Waals surface area contributed by atoms with Crippen molar-refractivity contribution >= 4 is 28.6 Å². The number of aromatic nitrogens is 3. The molecule has 3 heterocycles. The van der Waals surface area contributed by atoms with Crippen LogP contribution in [0.1, 0.15) is 20.8 Å². The fraction of sp³-hybridized carbons (Fsp3) is 0.577. The first-order valence-corrected chi connectivity index (χ1v) is 12.6. The zero-order valence-electron chi connectivity index (χ0n) is 21.5. The number of rotatable bonds is 12. The summed E-state index contributed by atoms with van der Waals surface area (Å²) in [4.78, 5) is 25.7. The van der Waals surface area contributed by atoms with Crippen LogP contribution in [0.3, 0.4) is 0 Å². The van der Waals surface area contributed by atoms with Gasteiger partial charge in [-0.2, -0.15) is 4.98 Å². The Balaban J connectivity index is 1.05. The number of ether oxygens (including phenoxy) is 4. The predicted molar refractivity (Wildman–Crippen MR) is 137 cm³/mol. The number of nitrogens with zero attached hydrogens (tertiary/aromatic N) is 5. The van der Waals surface area contributed by atoms with Crippen LogP contribution >= 0.6 is 0 Å². The third-order valence-corrected chi connectivity index (χ3v) is 5.80. The van der Waals surface area contributed by atoms with Crippen molar-refractivity contribution in [3.8, 4) is 0 Å². The van der Waals surface area contributed by atoms with Gasteiger partial charge in [0, 0.05) is 38.9 Å². The Morgan fingerprint density at radius 3 is 2.33 bits per heavy atom. The van der Waals surface area contributed by atoms with Gasteiger partial charge in [0.25, 0.3) is 0 Å². The summed E-state index contributed by atoms with van der Waals surface area (Å²) in [6.07, 6.45) is 2.06. The Bertz CT molecular complexity index is 1120. The van der Waals surface area contributed by atoms with Crippen molar-refractivity contribution in [1.82, 2.24) is 19.3 Å². The van der Waals surface area contributed by atoms with Crippen LogP contribution in [-0.2, 0) is 23.7 Å². The third-order valence-electron chi connectivity index (χ3n) is 5.80. The topological polar surface area (TPSA) is 90.7 Å². The second kappa shape index (κ2) is 12.4. The number of benzene rings is 1. The molecule has 0 radical (unpaired) electrons. The van der Waals surface area contributed by atoms with E-state index in [-0.39, 0.29) is 12.6 Å². The van der Waals surface area contributed by atoms with Crippen molar-refractivity contribution < 1.29 is 23.7 Å². The van der Waals surface area contributed by atoms with Crippen molar-refractivity contribution in [2.75, 3.05) is 77.3 Å². The van der Waals surface area contributed by atoms with Crippen LogP contribution in [0, 0.1) is 0 Å². The summed E-state index contributed by atoms with van der Waals surface area (Å²) < 4.78 is 23.7. The van der Waals surface area contributed by atoms with E-state index in [1.165, 1.54) is 0 Å². The van der Waals surface area contributed by atoms with Gasteiger partial charge in [-0.1, -0.05) is 12.1 Å². The maximum atomic E-state index is 11.5. The van der Waals surface area contributed by atoms with Gasteiger partial charge in [-0.15, -0.1) is 0 Å². The normalized spacial score (nSPS) is 15.1. The highest BCUT2D eigenvalue weighted by molar-refractivity contribution is 5.79. The molecule has 10 heteroatoms. The highest BCUT2D eigenvalue weighted by Gasteiger charge is 2.19. The van der Waals surface area contributed by atoms with Gasteiger partial charge in [-0.25, -0.2) is 9.78 Å². The van der Waals surface area contributed by atoms with E-state index in [1.807, 2.05) is 43.4 Å². The molecule has 0 N–H and O–H groups in total. The average Bonchev–Trinajstić information content (AvgIpc) is 3.22. The molecule has 1 fully saturated rings. The molecule has 0 atom stereocenters. The van der Waals surface area contributed by atoms with Crippen molar-refractivity contribution in [3.63, 3.8) is 0 Å². The van der Waals surface area contributed by atoms with Crippen LogP contribution < -0.4 is 4.90 Å². The van der Waals surface area contributed by atoms with E-state index in [2.05, 4.69) is 33.1 Å². The van der Waals surface area contributed by atoms with Crippen LogP contribution in [0.4, 0.5) is 5.82 Å². The summed E-state index contributed by atoms with van der Waals surface area (Å²) in [6, 6.07) is 10.2. The van der Waals surface area contributed by atoms with Crippen molar-refractivity contribution in [2.45, 2.75) is 26.4 Å². The van der Waals surface area contributed by atoms with Gasteiger partial charge in [0.2, 0.25) is 5.78 Å². The molecule has 0 spiro atoms. The molecule has 1 aromatic carbocycles. The Labute approximate surface area is 212 Å². The number of carbonyl (C=O) groups excluding carboxylic acids is 1. The molecule has 10 nitrogen and oxygen atoms in total. The lowest BCUT2D eigenvalue weighted by Crippen LogP contribution is -2.47.